The zero-order valence-electron chi connectivity index (χ0n) is 14.8. The minimum atomic E-state index is -3.52. The predicted molar refractivity (Wildman–Crippen MR) is 104 cm³/mol. The summed E-state index contributed by atoms with van der Waals surface area (Å²) in [5, 5.41) is 24.4. The van der Waals surface area contributed by atoms with Gasteiger partial charge in [0, 0.05) is 38.5 Å². The molecule has 1 aliphatic rings. The van der Waals surface area contributed by atoms with Crippen molar-refractivity contribution in [1.82, 2.24) is 4.90 Å². The molecule has 0 fully saturated rings. The lowest BCUT2D eigenvalue weighted by Crippen LogP contribution is -2.39. The van der Waals surface area contributed by atoms with Crippen molar-refractivity contribution in [2.75, 3.05) is 31.2 Å². The molecule has 0 saturated heterocycles. The molecule has 1 atom stereocenters. The standard InChI is InChI=1S/C17H21N3O5S2/c1-27(24,25)16-8-15(20(22)23)17(26-16)18-9-14(21)11-19-7-6-12-4-2-3-5-13(12)10-19/h2-5,8,14,18,21H,6-7,9-11H2,1H3. The lowest BCUT2D eigenvalue weighted by Gasteiger charge is -2.30. The summed E-state index contributed by atoms with van der Waals surface area (Å²) < 4.78 is 23.2. The van der Waals surface area contributed by atoms with Crippen LogP contribution < -0.4 is 5.32 Å². The third kappa shape index (κ3) is 4.83. The molecule has 0 aliphatic carbocycles. The first kappa shape index (κ1) is 19.7. The first-order valence-electron chi connectivity index (χ1n) is 8.43. The van der Waals surface area contributed by atoms with Gasteiger partial charge in [0.25, 0.3) is 0 Å². The van der Waals surface area contributed by atoms with Crippen LogP contribution in [-0.2, 0) is 22.8 Å². The average molecular weight is 412 g/mol. The van der Waals surface area contributed by atoms with Gasteiger partial charge in [-0.1, -0.05) is 35.6 Å². The minimum Gasteiger partial charge on any atom is -0.390 e. The highest BCUT2D eigenvalue weighted by Gasteiger charge is 2.24. The quantitative estimate of drug-likeness (QED) is 0.528. The molecule has 1 aromatic carbocycles. The summed E-state index contributed by atoms with van der Waals surface area (Å²) in [6, 6.07) is 9.26. The number of benzene rings is 1. The van der Waals surface area contributed by atoms with E-state index in [2.05, 4.69) is 22.3 Å². The van der Waals surface area contributed by atoms with Crippen LogP contribution >= 0.6 is 11.3 Å². The minimum absolute atomic E-state index is 0.0705. The van der Waals surface area contributed by atoms with E-state index in [9.17, 15) is 23.6 Å². The van der Waals surface area contributed by atoms with Crippen molar-refractivity contribution in [3.05, 3.63) is 51.6 Å². The van der Waals surface area contributed by atoms with Crippen LogP contribution in [0.3, 0.4) is 0 Å². The molecule has 0 spiro atoms. The molecular weight excluding hydrogens is 390 g/mol. The monoisotopic (exact) mass is 411 g/mol. The van der Waals surface area contributed by atoms with Gasteiger partial charge in [0.05, 0.1) is 11.0 Å². The Bertz CT molecular complexity index is 942. The molecule has 1 aromatic heterocycles. The Hall–Kier alpha value is -2.01. The first-order valence-corrected chi connectivity index (χ1v) is 11.1. The Morgan fingerprint density at radius 2 is 2.07 bits per heavy atom. The molecule has 10 heteroatoms. The van der Waals surface area contributed by atoms with Gasteiger partial charge in [0.15, 0.2) is 14.8 Å². The highest BCUT2D eigenvalue weighted by molar-refractivity contribution is 7.92. The fourth-order valence-electron chi connectivity index (χ4n) is 3.09. The summed E-state index contributed by atoms with van der Waals surface area (Å²) in [7, 11) is -3.52. The number of rotatable bonds is 7. The Morgan fingerprint density at radius 3 is 2.74 bits per heavy atom. The maximum atomic E-state index is 11.6. The first-order chi connectivity index (χ1) is 12.7. The number of anilines is 1. The molecule has 3 rings (SSSR count). The SMILES string of the molecule is CS(=O)(=O)c1cc([N+](=O)[O-])c(NCC(O)CN2CCc3ccccc3C2)s1. The van der Waals surface area contributed by atoms with Crippen molar-refractivity contribution in [3.8, 4) is 0 Å². The molecule has 8 nitrogen and oxygen atoms in total. The number of nitrogens with one attached hydrogen (secondary N) is 1. The molecule has 0 amide bonds. The molecule has 1 aliphatic heterocycles. The number of thiophene rings is 1. The second-order valence-electron chi connectivity index (χ2n) is 6.60. The van der Waals surface area contributed by atoms with E-state index in [1.165, 1.54) is 11.1 Å². The predicted octanol–water partition coefficient (Wildman–Crippen LogP) is 1.89. The largest absolute Gasteiger partial charge is 0.390 e. The number of hydrogen-bond donors (Lipinski definition) is 2. The number of aliphatic hydroxyl groups is 1. The highest BCUT2D eigenvalue weighted by Crippen LogP contribution is 2.36. The van der Waals surface area contributed by atoms with Gasteiger partial charge in [-0.3, -0.25) is 15.0 Å². The Morgan fingerprint density at radius 1 is 1.37 bits per heavy atom. The summed E-state index contributed by atoms with van der Waals surface area (Å²) in [6.07, 6.45) is 1.19. The fraction of sp³-hybridized carbons (Fsp3) is 0.412. The van der Waals surface area contributed by atoms with E-state index in [0.717, 1.165) is 43.2 Å². The Labute approximate surface area is 161 Å². The average Bonchev–Trinajstić information content (AvgIpc) is 3.05. The van der Waals surface area contributed by atoms with Crippen LogP contribution in [0.15, 0.2) is 34.5 Å². The van der Waals surface area contributed by atoms with Crippen molar-refractivity contribution in [1.29, 1.82) is 0 Å². The second-order valence-corrected chi connectivity index (χ2v) is 9.89. The molecule has 0 radical (unpaired) electrons. The van der Waals surface area contributed by atoms with Gasteiger partial charge in [-0.2, -0.15) is 0 Å². The maximum Gasteiger partial charge on any atom is 0.304 e. The third-order valence-corrected chi connectivity index (χ3v) is 7.31. The summed E-state index contributed by atoms with van der Waals surface area (Å²) >= 11 is 0.808. The molecule has 0 bridgehead atoms. The van der Waals surface area contributed by atoms with E-state index in [1.54, 1.807) is 0 Å². The smallest absolute Gasteiger partial charge is 0.304 e. The number of nitro groups is 1. The number of hydrogen-bond acceptors (Lipinski definition) is 8. The summed E-state index contributed by atoms with van der Waals surface area (Å²) in [5.74, 6) is 0. The van der Waals surface area contributed by atoms with E-state index in [-0.39, 0.29) is 21.4 Å². The van der Waals surface area contributed by atoms with Gasteiger partial charge in [-0.15, -0.1) is 0 Å². The van der Waals surface area contributed by atoms with Crippen LogP contribution in [0.4, 0.5) is 10.7 Å². The molecule has 2 heterocycles. The third-order valence-electron chi connectivity index (χ3n) is 4.43. The number of nitrogens with zero attached hydrogens (tertiary/aromatic N) is 2. The van der Waals surface area contributed by atoms with Crippen LogP contribution in [0.25, 0.3) is 0 Å². The second kappa shape index (κ2) is 7.93. The normalized spacial score (nSPS) is 15.9. The molecule has 2 aromatic rings. The van der Waals surface area contributed by atoms with Crippen LogP contribution in [0.1, 0.15) is 11.1 Å². The number of fused-ring (bicyclic) bond motifs is 1. The van der Waals surface area contributed by atoms with Gasteiger partial charge in [-0.25, -0.2) is 8.42 Å². The summed E-state index contributed by atoms with van der Waals surface area (Å²) in [4.78, 5) is 12.7. The highest BCUT2D eigenvalue weighted by atomic mass is 32.2. The van der Waals surface area contributed by atoms with Gasteiger partial charge in [-0.05, 0) is 17.5 Å². The van der Waals surface area contributed by atoms with Crippen LogP contribution in [0.2, 0.25) is 0 Å². The number of aliphatic hydroxyl groups excluding tert-OH is 1. The van der Waals surface area contributed by atoms with Crippen molar-refractivity contribution >= 4 is 31.9 Å². The topological polar surface area (TPSA) is 113 Å². The molecule has 146 valence electrons. The van der Waals surface area contributed by atoms with Crippen LogP contribution in [0, 0.1) is 10.1 Å². The fourth-order valence-corrected chi connectivity index (χ4v) is 5.03. The maximum absolute atomic E-state index is 11.6. The van der Waals surface area contributed by atoms with E-state index < -0.39 is 20.9 Å². The van der Waals surface area contributed by atoms with E-state index >= 15 is 0 Å². The van der Waals surface area contributed by atoms with Crippen molar-refractivity contribution in [2.24, 2.45) is 0 Å². The van der Waals surface area contributed by atoms with Crippen molar-refractivity contribution in [2.45, 2.75) is 23.3 Å². The van der Waals surface area contributed by atoms with Gasteiger partial charge >= 0.3 is 5.69 Å². The van der Waals surface area contributed by atoms with E-state index in [1.807, 2.05) is 12.1 Å². The Balaban J connectivity index is 1.60. The zero-order chi connectivity index (χ0) is 19.6. The summed E-state index contributed by atoms with van der Waals surface area (Å²) in [5.41, 5.74) is 2.28. The zero-order valence-corrected chi connectivity index (χ0v) is 16.4. The van der Waals surface area contributed by atoms with Gasteiger partial charge in [0.2, 0.25) is 0 Å². The number of sulfone groups is 1. The summed E-state index contributed by atoms with van der Waals surface area (Å²) in [6.45, 7) is 2.12. The Kier molecular flexibility index (Phi) is 5.80. The van der Waals surface area contributed by atoms with Crippen LogP contribution in [-0.4, -0.2) is 55.3 Å². The van der Waals surface area contributed by atoms with Gasteiger partial charge in [0.1, 0.15) is 4.21 Å². The lowest BCUT2D eigenvalue weighted by atomic mass is 10.00. The molecule has 2 N–H and O–H groups in total. The van der Waals surface area contributed by atoms with E-state index in [4.69, 9.17) is 0 Å². The van der Waals surface area contributed by atoms with Crippen LogP contribution in [0.5, 0.6) is 0 Å². The molecule has 0 saturated carbocycles. The van der Waals surface area contributed by atoms with E-state index in [0.29, 0.717) is 6.54 Å². The van der Waals surface area contributed by atoms with Crippen molar-refractivity contribution in [3.63, 3.8) is 0 Å². The lowest BCUT2D eigenvalue weighted by molar-refractivity contribution is -0.383. The molecule has 27 heavy (non-hydrogen) atoms. The van der Waals surface area contributed by atoms with Gasteiger partial charge < -0.3 is 10.4 Å². The number of β-amino-alcohol motifs (C(OH)–C–C–N with tert-alkyl or cyclic N) is 1. The van der Waals surface area contributed by atoms with Crippen molar-refractivity contribution < 1.29 is 18.4 Å². The molecular formula is C17H21N3O5S2. The molecule has 1 unspecified atom stereocenters.